The lowest BCUT2D eigenvalue weighted by molar-refractivity contribution is 0.101. The molecular formula is C22H22N4O2. The molecule has 0 fully saturated rings. The van der Waals surface area contributed by atoms with Gasteiger partial charge in [0.25, 0.3) is 5.91 Å². The van der Waals surface area contributed by atoms with Crippen molar-refractivity contribution >= 4 is 23.3 Å². The summed E-state index contributed by atoms with van der Waals surface area (Å²) < 4.78 is 0. The standard InChI is InChI=1S/C22H22N4O2/c1-14-4-6-17(7-5-14)13-23-22-24-15(2)12-20(26-22)21(28)25-19-10-8-18(9-11-19)16(3)27/h4-12H,13H2,1-3H3,(H,25,28)(H,23,24,26). The van der Waals surface area contributed by atoms with Crippen molar-refractivity contribution in [3.63, 3.8) is 0 Å². The highest BCUT2D eigenvalue weighted by Crippen LogP contribution is 2.13. The first-order chi connectivity index (χ1) is 13.4. The summed E-state index contributed by atoms with van der Waals surface area (Å²) >= 11 is 0. The van der Waals surface area contributed by atoms with Gasteiger partial charge >= 0.3 is 0 Å². The SMILES string of the molecule is CC(=O)c1ccc(NC(=O)c2cc(C)nc(NCc3ccc(C)cc3)n2)cc1. The number of Topliss-reactive ketones (excluding diaryl/α,β-unsaturated/α-hetero) is 1. The van der Waals surface area contributed by atoms with E-state index in [1.165, 1.54) is 12.5 Å². The summed E-state index contributed by atoms with van der Waals surface area (Å²) in [5.74, 6) is 0.0470. The maximum atomic E-state index is 12.6. The van der Waals surface area contributed by atoms with Crippen LogP contribution in [0.2, 0.25) is 0 Å². The minimum atomic E-state index is -0.334. The molecule has 0 aliphatic carbocycles. The molecule has 0 saturated carbocycles. The van der Waals surface area contributed by atoms with Gasteiger partial charge in [0.2, 0.25) is 5.95 Å². The van der Waals surface area contributed by atoms with Crippen molar-refractivity contribution < 1.29 is 9.59 Å². The van der Waals surface area contributed by atoms with Crippen molar-refractivity contribution in [3.8, 4) is 0 Å². The predicted octanol–water partition coefficient (Wildman–Crippen LogP) is 4.16. The molecule has 0 atom stereocenters. The molecule has 2 aromatic carbocycles. The molecule has 2 N–H and O–H groups in total. The number of ketones is 1. The third kappa shape index (κ3) is 5.01. The van der Waals surface area contributed by atoms with E-state index < -0.39 is 0 Å². The predicted molar refractivity (Wildman–Crippen MR) is 110 cm³/mol. The average Bonchev–Trinajstić information content (AvgIpc) is 2.67. The molecule has 6 nitrogen and oxygen atoms in total. The highest BCUT2D eigenvalue weighted by atomic mass is 16.2. The number of carbonyl (C=O) groups is 2. The van der Waals surface area contributed by atoms with Gasteiger partial charge in [-0.15, -0.1) is 0 Å². The summed E-state index contributed by atoms with van der Waals surface area (Å²) in [6, 6.07) is 16.5. The first-order valence-electron chi connectivity index (χ1n) is 8.98. The Kier molecular flexibility index (Phi) is 5.79. The number of amides is 1. The minimum absolute atomic E-state index is 0.0198. The number of rotatable bonds is 6. The van der Waals surface area contributed by atoms with E-state index in [0.717, 1.165) is 5.56 Å². The van der Waals surface area contributed by atoms with Crippen LogP contribution in [0.5, 0.6) is 0 Å². The summed E-state index contributed by atoms with van der Waals surface area (Å²) in [4.78, 5) is 32.6. The zero-order chi connectivity index (χ0) is 20.1. The van der Waals surface area contributed by atoms with E-state index in [1.807, 2.05) is 38.1 Å². The Labute approximate surface area is 164 Å². The van der Waals surface area contributed by atoms with Crippen LogP contribution in [0.4, 0.5) is 11.6 Å². The second-order valence-corrected chi connectivity index (χ2v) is 6.64. The van der Waals surface area contributed by atoms with Crippen molar-refractivity contribution in [2.24, 2.45) is 0 Å². The average molecular weight is 374 g/mol. The Hall–Kier alpha value is -3.54. The number of anilines is 2. The smallest absolute Gasteiger partial charge is 0.274 e. The number of hydrogen-bond donors (Lipinski definition) is 2. The van der Waals surface area contributed by atoms with Crippen molar-refractivity contribution in [1.82, 2.24) is 9.97 Å². The van der Waals surface area contributed by atoms with Crippen LogP contribution in [0, 0.1) is 13.8 Å². The number of aryl methyl sites for hydroxylation is 2. The maximum absolute atomic E-state index is 12.6. The lowest BCUT2D eigenvalue weighted by atomic mass is 10.1. The molecule has 0 aliphatic rings. The summed E-state index contributed by atoms with van der Waals surface area (Å²) in [6.07, 6.45) is 0. The molecule has 1 aromatic heterocycles. The fraction of sp³-hybridized carbons (Fsp3) is 0.182. The van der Waals surface area contributed by atoms with E-state index in [-0.39, 0.29) is 17.4 Å². The largest absolute Gasteiger partial charge is 0.350 e. The Morgan fingerprint density at radius 2 is 1.61 bits per heavy atom. The fourth-order valence-corrected chi connectivity index (χ4v) is 2.63. The summed E-state index contributed by atoms with van der Waals surface area (Å²) in [6.45, 7) is 5.93. The van der Waals surface area contributed by atoms with Crippen molar-refractivity contribution in [1.29, 1.82) is 0 Å². The molecular weight excluding hydrogens is 352 g/mol. The molecule has 1 heterocycles. The van der Waals surface area contributed by atoms with Gasteiger partial charge in [-0.2, -0.15) is 0 Å². The van der Waals surface area contributed by atoms with Gasteiger partial charge in [0.05, 0.1) is 0 Å². The van der Waals surface area contributed by atoms with E-state index in [1.54, 1.807) is 30.3 Å². The molecule has 3 rings (SSSR count). The highest BCUT2D eigenvalue weighted by molar-refractivity contribution is 6.03. The van der Waals surface area contributed by atoms with Gasteiger partial charge in [-0.3, -0.25) is 9.59 Å². The van der Waals surface area contributed by atoms with Crippen LogP contribution in [0.3, 0.4) is 0 Å². The molecule has 0 saturated heterocycles. The van der Waals surface area contributed by atoms with Gasteiger partial charge in [0.1, 0.15) is 5.69 Å². The Morgan fingerprint density at radius 3 is 2.25 bits per heavy atom. The van der Waals surface area contributed by atoms with Crippen molar-refractivity contribution in [3.05, 3.63) is 82.7 Å². The second kappa shape index (κ2) is 8.43. The third-order valence-electron chi connectivity index (χ3n) is 4.21. The number of aromatic nitrogens is 2. The van der Waals surface area contributed by atoms with Gasteiger partial charge in [0.15, 0.2) is 5.78 Å². The number of nitrogens with zero attached hydrogens (tertiary/aromatic N) is 2. The van der Waals surface area contributed by atoms with Crippen molar-refractivity contribution in [2.75, 3.05) is 10.6 Å². The van der Waals surface area contributed by atoms with Crippen LogP contribution in [0.25, 0.3) is 0 Å². The summed E-state index contributed by atoms with van der Waals surface area (Å²) in [5.41, 5.74) is 4.46. The number of carbonyl (C=O) groups excluding carboxylic acids is 2. The highest BCUT2D eigenvalue weighted by Gasteiger charge is 2.11. The molecule has 0 aliphatic heterocycles. The van der Waals surface area contributed by atoms with Gasteiger partial charge in [-0.05, 0) is 56.7 Å². The first-order valence-corrected chi connectivity index (χ1v) is 8.98. The van der Waals surface area contributed by atoms with Crippen LogP contribution in [0.15, 0.2) is 54.6 Å². The molecule has 28 heavy (non-hydrogen) atoms. The van der Waals surface area contributed by atoms with E-state index >= 15 is 0 Å². The summed E-state index contributed by atoms with van der Waals surface area (Å²) in [5, 5.41) is 5.95. The molecule has 0 spiro atoms. The van der Waals surface area contributed by atoms with E-state index in [2.05, 4.69) is 20.6 Å². The van der Waals surface area contributed by atoms with E-state index in [0.29, 0.717) is 29.4 Å². The van der Waals surface area contributed by atoms with Crippen LogP contribution >= 0.6 is 0 Å². The van der Waals surface area contributed by atoms with E-state index in [4.69, 9.17) is 0 Å². The number of nitrogens with one attached hydrogen (secondary N) is 2. The maximum Gasteiger partial charge on any atom is 0.274 e. The monoisotopic (exact) mass is 374 g/mol. The topological polar surface area (TPSA) is 84.0 Å². The zero-order valence-electron chi connectivity index (χ0n) is 16.1. The lowest BCUT2D eigenvalue weighted by Gasteiger charge is -2.09. The number of benzene rings is 2. The van der Waals surface area contributed by atoms with Crippen molar-refractivity contribution in [2.45, 2.75) is 27.3 Å². The van der Waals surface area contributed by atoms with Crippen LogP contribution in [0.1, 0.15) is 44.6 Å². The molecule has 142 valence electrons. The lowest BCUT2D eigenvalue weighted by Crippen LogP contribution is -2.16. The molecule has 6 heteroatoms. The molecule has 3 aromatic rings. The quantitative estimate of drug-likeness (QED) is 0.633. The first kappa shape index (κ1) is 19.2. The zero-order valence-corrected chi connectivity index (χ0v) is 16.1. The molecule has 0 radical (unpaired) electrons. The van der Waals surface area contributed by atoms with Gasteiger partial charge in [0, 0.05) is 23.5 Å². The second-order valence-electron chi connectivity index (χ2n) is 6.64. The summed E-state index contributed by atoms with van der Waals surface area (Å²) in [7, 11) is 0. The fourth-order valence-electron chi connectivity index (χ4n) is 2.63. The van der Waals surface area contributed by atoms with Gasteiger partial charge < -0.3 is 10.6 Å². The van der Waals surface area contributed by atoms with Gasteiger partial charge in [-0.25, -0.2) is 9.97 Å². The van der Waals surface area contributed by atoms with Crippen LogP contribution in [-0.2, 0) is 6.54 Å². The Bertz CT molecular complexity index is 996. The van der Waals surface area contributed by atoms with E-state index in [9.17, 15) is 9.59 Å². The minimum Gasteiger partial charge on any atom is -0.350 e. The van der Waals surface area contributed by atoms with Gasteiger partial charge in [-0.1, -0.05) is 29.8 Å². The molecule has 0 unspecified atom stereocenters. The third-order valence-corrected chi connectivity index (χ3v) is 4.21. The Morgan fingerprint density at radius 1 is 0.929 bits per heavy atom. The number of hydrogen-bond acceptors (Lipinski definition) is 5. The van der Waals surface area contributed by atoms with Crippen LogP contribution < -0.4 is 10.6 Å². The Balaban J connectivity index is 1.70. The normalized spacial score (nSPS) is 10.4. The van der Waals surface area contributed by atoms with Crippen LogP contribution in [-0.4, -0.2) is 21.7 Å². The molecule has 1 amide bonds. The molecule has 0 bridgehead atoms.